The SMILES string of the molecule is CCCC(CCC)CC(=O)NCCO. The van der Waals surface area contributed by atoms with E-state index in [0.29, 0.717) is 18.9 Å². The molecule has 0 aliphatic rings. The maximum atomic E-state index is 11.3. The van der Waals surface area contributed by atoms with E-state index >= 15 is 0 Å². The van der Waals surface area contributed by atoms with Crippen molar-refractivity contribution in [1.82, 2.24) is 5.32 Å². The molecule has 1 amide bonds. The predicted molar refractivity (Wildman–Crippen MR) is 58.0 cm³/mol. The largest absolute Gasteiger partial charge is 0.395 e. The number of hydrogen-bond acceptors (Lipinski definition) is 2. The molecule has 0 rings (SSSR count). The zero-order valence-electron chi connectivity index (χ0n) is 9.38. The third-order valence-electron chi connectivity index (χ3n) is 2.30. The van der Waals surface area contributed by atoms with Crippen molar-refractivity contribution in [2.45, 2.75) is 46.0 Å². The van der Waals surface area contributed by atoms with Crippen LogP contribution in [0.1, 0.15) is 46.0 Å². The number of amides is 1. The van der Waals surface area contributed by atoms with Gasteiger partial charge in [0.05, 0.1) is 6.61 Å². The summed E-state index contributed by atoms with van der Waals surface area (Å²) in [4.78, 5) is 11.3. The van der Waals surface area contributed by atoms with E-state index in [1.165, 1.54) is 0 Å². The Kier molecular flexibility index (Phi) is 8.64. The van der Waals surface area contributed by atoms with Crippen LogP contribution in [-0.4, -0.2) is 24.2 Å². The zero-order chi connectivity index (χ0) is 10.8. The number of nitrogens with one attached hydrogen (secondary N) is 1. The third kappa shape index (κ3) is 6.89. The highest BCUT2D eigenvalue weighted by Gasteiger charge is 2.11. The molecule has 0 aromatic carbocycles. The number of aliphatic hydroxyl groups excluding tert-OH is 1. The lowest BCUT2D eigenvalue weighted by atomic mass is 9.94. The molecule has 0 aliphatic carbocycles. The minimum atomic E-state index is 0.0258. The van der Waals surface area contributed by atoms with E-state index in [9.17, 15) is 4.79 Å². The molecular weight excluding hydrogens is 178 g/mol. The standard InChI is InChI=1S/C11H23NO2/c1-3-5-10(6-4-2)9-11(14)12-7-8-13/h10,13H,3-9H2,1-2H3,(H,12,14). The second kappa shape index (κ2) is 9.00. The lowest BCUT2D eigenvalue weighted by molar-refractivity contribution is -0.122. The Balaban J connectivity index is 3.71. The van der Waals surface area contributed by atoms with Crippen molar-refractivity contribution in [2.24, 2.45) is 5.92 Å². The summed E-state index contributed by atoms with van der Waals surface area (Å²) in [7, 11) is 0. The number of carbonyl (C=O) groups excluding carboxylic acids is 1. The number of hydrogen-bond donors (Lipinski definition) is 2. The first-order valence-electron chi connectivity index (χ1n) is 5.62. The van der Waals surface area contributed by atoms with Gasteiger partial charge in [-0.1, -0.05) is 39.5 Å². The Morgan fingerprint density at radius 1 is 1.29 bits per heavy atom. The van der Waals surface area contributed by atoms with Gasteiger partial charge in [-0.2, -0.15) is 0 Å². The fourth-order valence-corrected chi connectivity index (χ4v) is 1.69. The van der Waals surface area contributed by atoms with Gasteiger partial charge in [0, 0.05) is 13.0 Å². The van der Waals surface area contributed by atoms with Gasteiger partial charge in [0.1, 0.15) is 0 Å². The molecule has 0 saturated heterocycles. The summed E-state index contributed by atoms with van der Waals surface area (Å²) >= 11 is 0. The van der Waals surface area contributed by atoms with Crippen LogP contribution >= 0.6 is 0 Å². The van der Waals surface area contributed by atoms with E-state index in [-0.39, 0.29) is 12.5 Å². The van der Waals surface area contributed by atoms with E-state index in [0.717, 1.165) is 25.7 Å². The van der Waals surface area contributed by atoms with Gasteiger partial charge in [0.15, 0.2) is 0 Å². The first-order valence-corrected chi connectivity index (χ1v) is 5.62. The average Bonchev–Trinajstić information content (AvgIpc) is 2.15. The number of aliphatic hydroxyl groups is 1. The maximum Gasteiger partial charge on any atom is 0.220 e. The smallest absolute Gasteiger partial charge is 0.220 e. The molecule has 0 aromatic rings. The van der Waals surface area contributed by atoms with Crippen LogP contribution in [0.2, 0.25) is 0 Å². The van der Waals surface area contributed by atoms with Crippen molar-refractivity contribution < 1.29 is 9.90 Å². The van der Waals surface area contributed by atoms with Crippen molar-refractivity contribution in [3.8, 4) is 0 Å². The first-order chi connectivity index (χ1) is 6.74. The molecule has 3 nitrogen and oxygen atoms in total. The minimum absolute atomic E-state index is 0.0258. The first kappa shape index (κ1) is 13.4. The molecule has 84 valence electrons. The molecule has 0 aliphatic heterocycles. The van der Waals surface area contributed by atoms with Gasteiger partial charge in [-0.15, -0.1) is 0 Å². The van der Waals surface area contributed by atoms with Crippen molar-refractivity contribution in [1.29, 1.82) is 0 Å². The van der Waals surface area contributed by atoms with Crippen molar-refractivity contribution >= 4 is 5.91 Å². The van der Waals surface area contributed by atoms with Gasteiger partial charge >= 0.3 is 0 Å². The number of carbonyl (C=O) groups is 1. The predicted octanol–water partition coefficient (Wildman–Crippen LogP) is 1.70. The second-order valence-electron chi connectivity index (χ2n) is 3.72. The molecule has 0 bridgehead atoms. The van der Waals surface area contributed by atoms with Crippen LogP contribution in [0.4, 0.5) is 0 Å². The van der Waals surface area contributed by atoms with Crippen LogP contribution in [0.25, 0.3) is 0 Å². The van der Waals surface area contributed by atoms with Crippen molar-refractivity contribution in [2.75, 3.05) is 13.2 Å². The highest BCUT2D eigenvalue weighted by atomic mass is 16.3. The molecule has 0 atom stereocenters. The summed E-state index contributed by atoms with van der Waals surface area (Å²) in [6, 6.07) is 0. The summed E-state index contributed by atoms with van der Waals surface area (Å²) in [5.74, 6) is 0.592. The lowest BCUT2D eigenvalue weighted by Crippen LogP contribution is -2.28. The van der Waals surface area contributed by atoms with E-state index in [4.69, 9.17) is 5.11 Å². The number of rotatable bonds is 8. The van der Waals surface area contributed by atoms with Gasteiger partial charge < -0.3 is 10.4 Å². The molecule has 0 aromatic heterocycles. The fraction of sp³-hybridized carbons (Fsp3) is 0.909. The van der Waals surface area contributed by atoms with Crippen LogP contribution < -0.4 is 5.32 Å². The zero-order valence-corrected chi connectivity index (χ0v) is 9.38. The van der Waals surface area contributed by atoms with Crippen LogP contribution in [0, 0.1) is 5.92 Å². The molecule has 0 spiro atoms. The van der Waals surface area contributed by atoms with E-state index in [1.807, 2.05) is 0 Å². The normalized spacial score (nSPS) is 10.6. The maximum absolute atomic E-state index is 11.3. The summed E-state index contributed by atoms with van der Waals surface area (Å²) in [5, 5.41) is 11.2. The Bertz CT molecular complexity index is 142. The van der Waals surface area contributed by atoms with Gasteiger partial charge in [-0.25, -0.2) is 0 Å². The quantitative estimate of drug-likeness (QED) is 0.628. The monoisotopic (exact) mass is 201 g/mol. The topological polar surface area (TPSA) is 49.3 Å². The van der Waals surface area contributed by atoms with Crippen LogP contribution in [0.15, 0.2) is 0 Å². The molecule has 14 heavy (non-hydrogen) atoms. The highest BCUT2D eigenvalue weighted by Crippen LogP contribution is 2.17. The minimum Gasteiger partial charge on any atom is -0.395 e. The van der Waals surface area contributed by atoms with Crippen molar-refractivity contribution in [3.05, 3.63) is 0 Å². The van der Waals surface area contributed by atoms with Crippen LogP contribution in [-0.2, 0) is 4.79 Å². The van der Waals surface area contributed by atoms with Gasteiger partial charge in [0.25, 0.3) is 0 Å². The Hall–Kier alpha value is -0.570. The Morgan fingerprint density at radius 3 is 2.29 bits per heavy atom. The summed E-state index contributed by atoms with van der Waals surface area (Å²) < 4.78 is 0. The van der Waals surface area contributed by atoms with Crippen molar-refractivity contribution in [3.63, 3.8) is 0 Å². The molecule has 0 unspecified atom stereocenters. The molecule has 3 heteroatoms. The Morgan fingerprint density at radius 2 is 1.86 bits per heavy atom. The Labute approximate surface area is 86.9 Å². The van der Waals surface area contributed by atoms with E-state index in [1.54, 1.807) is 0 Å². The van der Waals surface area contributed by atoms with E-state index < -0.39 is 0 Å². The van der Waals surface area contributed by atoms with Gasteiger partial charge in [0.2, 0.25) is 5.91 Å². The van der Waals surface area contributed by atoms with Crippen LogP contribution in [0.5, 0.6) is 0 Å². The second-order valence-corrected chi connectivity index (χ2v) is 3.72. The average molecular weight is 201 g/mol. The van der Waals surface area contributed by atoms with Gasteiger partial charge in [-0.05, 0) is 5.92 Å². The molecule has 2 N–H and O–H groups in total. The molecular formula is C11H23NO2. The van der Waals surface area contributed by atoms with Gasteiger partial charge in [-0.3, -0.25) is 4.79 Å². The van der Waals surface area contributed by atoms with E-state index in [2.05, 4.69) is 19.2 Å². The molecule has 0 fully saturated rings. The molecule has 0 radical (unpaired) electrons. The highest BCUT2D eigenvalue weighted by molar-refractivity contribution is 5.76. The lowest BCUT2D eigenvalue weighted by Gasteiger charge is -2.14. The van der Waals surface area contributed by atoms with Crippen LogP contribution in [0.3, 0.4) is 0 Å². The molecule has 0 saturated carbocycles. The summed E-state index contributed by atoms with van der Waals surface area (Å²) in [6.07, 6.45) is 5.14. The third-order valence-corrected chi connectivity index (χ3v) is 2.30. The molecule has 0 heterocycles. The fourth-order valence-electron chi connectivity index (χ4n) is 1.69. The summed E-state index contributed by atoms with van der Waals surface area (Å²) in [6.45, 7) is 4.70. The summed E-state index contributed by atoms with van der Waals surface area (Å²) in [5.41, 5.74) is 0.